The monoisotopic (exact) mass is 180 g/mol. The third-order valence-corrected chi connectivity index (χ3v) is 1.32. The predicted molar refractivity (Wildman–Crippen MR) is 48.5 cm³/mol. The fourth-order valence-electron chi connectivity index (χ4n) is 0.883. The first-order valence-corrected chi connectivity index (χ1v) is 3.62. The molecule has 2 heterocycles. The molecule has 13 heavy (non-hydrogen) atoms. The first-order chi connectivity index (χ1) is 6.20. The van der Waals surface area contributed by atoms with Crippen LogP contribution in [0.15, 0.2) is 30.6 Å². The minimum Gasteiger partial charge on any atom is -0.402 e. The van der Waals surface area contributed by atoms with Crippen molar-refractivity contribution < 1.29 is 15.1 Å². The third-order valence-electron chi connectivity index (χ3n) is 1.32. The molecule has 4 N–H and O–H groups in total. The molecule has 0 aliphatic rings. The Labute approximate surface area is 74.9 Å². The van der Waals surface area contributed by atoms with Crippen LogP contribution in [-0.4, -0.2) is 32.4 Å². The van der Waals surface area contributed by atoms with Crippen molar-refractivity contribution in [1.82, 2.24) is 9.97 Å². The molecule has 0 radical (unpaired) electrons. The van der Waals surface area contributed by atoms with E-state index in [9.17, 15) is 0 Å². The Hall–Kier alpha value is -1.37. The second-order valence-corrected chi connectivity index (χ2v) is 2.26. The van der Waals surface area contributed by atoms with Crippen molar-refractivity contribution in [2.75, 3.05) is 0 Å². The van der Waals surface area contributed by atoms with E-state index in [-0.39, 0.29) is 0 Å². The quantitative estimate of drug-likeness (QED) is 0.412. The summed E-state index contributed by atoms with van der Waals surface area (Å²) >= 11 is 0. The average molecular weight is 180 g/mol. The van der Waals surface area contributed by atoms with Gasteiger partial charge >= 0.3 is 7.32 Å². The third kappa shape index (κ3) is 3.24. The lowest BCUT2D eigenvalue weighted by atomic mass is 10.3. The first-order valence-electron chi connectivity index (χ1n) is 3.62. The van der Waals surface area contributed by atoms with Crippen LogP contribution in [-0.2, 0) is 0 Å². The number of aromatic nitrogens is 2. The molecule has 6 heteroatoms. The fraction of sp³-hybridized carbons (Fsp3) is 0. The zero-order valence-corrected chi connectivity index (χ0v) is 6.75. The van der Waals surface area contributed by atoms with Gasteiger partial charge in [0, 0.05) is 12.4 Å². The van der Waals surface area contributed by atoms with Crippen LogP contribution in [0.4, 0.5) is 0 Å². The fourth-order valence-corrected chi connectivity index (χ4v) is 0.883. The topological polar surface area (TPSA) is 89.4 Å². The summed E-state index contributed by atoms with van der Waals surface area (Å²) in [5.74, 6) is 0. The van der Waals surface area contributed by atoms with Gasteiger partial charge in [-0.2, -0.15) is 0 Å². The van der Waals surface area contributed by atoms with Crippen molar-refractivity contribution in [3.05, 3.63) is 30.6 Å². The minimum absolute atomic E-state index is 1.03. The summed E-state index contributed by atoms with van der Waals surface area (Å²) in [5.41, 5.74) is 2.12. The van der Waals surface area contributed by atoms with Crippen molar-refractivity contribution in [3.63, 3.8) is 0 Å². The molecule has 2 aromatic heterocycles. The van der Waals surface area contributed by atoms with Gasteiger partial charge in [-0.3, -0.25) is 4.98 Å². The lowest BCUT2D eigenvalue weighted by Gasteiger charge is -1.82. The van der Waals surface area contributed by atoms with Crippen LogP contribution < -0.4 is 0 Å². The number of aromatic amines is 1. The van der Waals surface area contributed by atoms with E-state index in [1.165, 1.54) is 0 Å². The van der Waals surface area contributed by atoms with Gasteiger partial charge in [0.1, 0.15) is 0 Å². The molecule has 0 fully saturated rings. The highest BCUT2D eigenvalue weighted by Gasteiger charge is 1.92. The van der Waals surface area contributed by atoms with Crippen molar-refractivity contribution in [1.29, 1.82) is 0 Å². The molecule has 0 aliphatic carbocycles. The van der Waals surface area contributed by atoms with Gasteiger partial charge in [-0.05, 0) is 18.2 Å². The number of nitrogens with one attached hydrogen (secondary N) is 1. The van der Waals surface area contributed by atoms with Crippen LogP contribution in [0.3, 0.4) is 0 Å². The summed E-state index contributed by atoms with van der Waals surface area (Å²) < 4.78 is 0. The molecule has 0 bridgehead atoms. The first kappa shape index (κ1) is 9.72. The predicted octanol–water partition coefficient (Wildman–Crippen LogP) is -0.489. The van der Waals surface area contributed by atoms with Gasteiger partial charge in [0.15, 0.2) is 0 Å². The molecule has 68 valence electrons. The Bertz CT molecular complexity index is 330. The molecule has 0 spiro atoms. The Morgan fingerprint density at radius 3 is 2.54 bits per heavy atom. The van der Waals surface area contributed by atoms with E-state index < -0.39 is 7.32 Å². The van der Waals surface area contributed by atoms with Crippen LogP contribution in [0.1, 0.15) is 0 Å². The molecule has 0 atom stereocenters. The van der Waals surface area contributed by atoms with Gasteiger partial charge in [0.05, 0.1) is 11.0 Å². The van der Waals surface area contributed by atoms with Crippen LogP contribution in [0.2, 0.25) is 0 Å². The van der Waals surface area contributed by atoms with Crippen LogP contribution in [0.5, 0.6) is 0 Å². The maximum atomic E-state index is 7.17. The van der Waals surface area contributed by atoms with E-state index in [1.807, 2.05) is 24.4 Å². The maximum Gasteiger partial charge on any atom is 0.631 e. The summed E-state index contributed by atoms with van der Waals surface area (Å²) in [6, 6.07) is 5.87. The smallest absolute Gasteiger partial charge is 0.402 e. The molecule has 0 aromatic carbocycles. The molecule has 0 saturated carbocycles. The normalized spacial score (nSPS) is 9.15. The van der Waals surface area contributed by atoms with E-state index in [1.54, 1.807) is 6.20 Å². The van der Waals surface area contributed by atoms with Gasteiger partial charge in [-0.15, -0.1) is 0 Å². The van der Waals surface area contributed by atoms with Crippen molar-refractivity contribution >= 4 is 18.4 Å². The zero-order chi connectivity index (χ0) is 9.68. The summed E-state index contributed by atoms with van der Waals surface area (Å²) in [7, 11) is -2.17. The van der Waals surface area contributed by atoms with E-state index in [0.29, 0.717) is 0 Å². The van der Waals surface area contributed by atoms with Gasteiger partial charge < -0.3 is 20.1 Å². The molecular weight excluding hydrogens is 171 g/mol. The number of H-pyrrole nitrogens is 1. The SMILES string of the molecule is OB(O)O.c1cnc2cc[nH]c2c1. The highest BCUT2D eigenvalue weighted by molar-refractivity contribution is 6.30. The van der Waals surface area contributed by atoms with Crippen LogP contribution in [0.25, 0.3) is 11.0 Å². The summed E-state index contributed by atoms with van der Waals surface area (Å²) in [6.45, 7) is 0. The molecule has 5 nitrogen and oxygen atoms in total. The molecular formula is C7H9BN2O3. The number of pyridine rings is 1. The molecule has 2 rings (SSSR count). The molecule has 0 unspecified atom stereocenters. The summed E-state index contributed by atoms with van der Waals surface area (Å²) in [4.78, 5) is 7.17. The molecule has 2 aromatic rings. The number of hydrogen-bond donors (Lipinski definition) is 4. The minimum atomic E-state index is -2.17. The lowest BCUT2D eigenvalue weighted by molar-refractivity contribution is 0.278. The average Bonchev–Trinajstić information content (AvgIpc) is 2.49. The summed E-state index contributed by atoms with van der Waals surface area (Å²) in [5, 5.41) is 21.5. The Balaban J connectivity index is 0.000000184. The zero-order valence-electron chi connectivity index (χ0n) is 6.75. The molecule has 0 aliphatic heterocycles. The summed E-state index contributed by atoms with van der Waals surface area (Å²) in [6.07, 6.45) is 3.67. The maximum absolute atomic E-state index is 7.17. The Morgan fingerprint density at radius 2 is 1.92 bits per heavy atom. The van der Waals surface area contributed by atoms with Gasteiger partial charge in [0.25, 0.3) is 0 Å². The number of hydrogen-bond acceptors (Lipinski definition) is 4. The number of fused-ring (bicyclic) bond motifs is 1. The van der Waals surface area contributed by atoms with E-state index in [0.717, 1.165) is 11.0 Å². The van der Waals surface area contributed by atoms with Crippen LogP contribution in [0, 0.1) is 0 Å². The molecule has 0 saturated heterocycles. The van der Waals surface area contributed by atoms with Gasteiger partial charge in [-0.25, -0.2) is 0 Å². The van der Waals surface area contributed by atoms with Crippen LogP contribution >= 0.6 is 0 Å². The lowest BCUT2D eigenvalue weighted by Crippen LogP contribution is -2.07. The highest BCUT2D eigenvalue weighted by atomic mass is 16.5. The van der Waals surface area contributed by atoms with Crippen molar-refractivity contribution in [2.24, 2.45) is 0 Å². The Morgan fingerprint density at radius 1 is 1.23 bits per heavy atom. The Kier molecular flexibility index (Phi) is 3.45. The molecule has 0 amide bonds. The standard InChI is InChI=1S/C7H6N2.BH3O3/c1-2-6-7(8-4-1)3-5-9-6;2-1(3)4/h1-5,9H;2-4H. The number of nitrogens with zero attached hydrogens (tertiary/aromatic N) is 1. The van der Waals surface area contributed by atoms with E-state index in [2.05, 4.69) is 9.97 Å². The second kappa shape index (κ2) is 4.61. The highest BCUT2D eigenvalue weighted by Crippen LogP contribution is 2.05. The van der Waals surface area contributed by atoms with Gasteiger partial charge in [0.2, 0.25) is 0 Å². The van der Waals surface area contributed by atoms with Crippen molar-refractivity contribution in [2.45, 2.75) is 0 Å². The number of rotatable bonds is 0. The second-order valence-electron chi connectivity index (χ2n) is 2.26. The van der Waals surface area contributed by atoms with E-state index >= 15 is 0 Å². The van der Waals surface area contributed by atoms with Crippen molar-refractivity contribution in [3.8, 4) is 0 Å². The van der Waals surface area contributed by atoms with Gasteiger partial charge in [-0.1, -0.05) is 0 Å². The van der Waals surface area contributed by atoms with E-state index in [4.69, 9.17) is 15.1 Å². The largest absolute Gasteiger partial charge is 0.631 e.